The molecule has 0 bridgehead atoms. The lowest BCUT2D eigenvalue weighted by molar-refractivity contribution is -0.137. The van der Waals surface area contributed by atoms with Crippen LogP contribution in [-0.4, -0.2) is 20.9 Å². The van der Waals surface area contributed by atoms with Gasteiger partial charge in [0.1, 0.15) is 18.1 Å². The van der Waals surface area contributed by atoms with E-state index in [0.29, 0.717) is 21.4 Å². The normalized spacial score (nSPS) is 10.7. The van der Waals surface area contributed by atoms with Crippen molar-refractivity contribution < 1.29 is 14.3 Å². The van der Waals surface area contributed by atoms with E-state index in [1.165, 1.54) is 16.8 Å². The highest BCUT2D eigenvalue weighted by Crippen LogP contribution is 2.31. The number of hydrogen-bond acceptors (Lipinski definition) is 2. The van der Waals surface area contributed by atoms with Gasteiger partial charge in [0.2, 0.25) is 0 Å². The van der Waals surface area contributed by atoms with Crippen LogP contribution >= 0.6 is 27.5 Å². The van der Waals surface area contributed by atoms with Gasteiger partial charge >= 0.3 is 5.97 Å². The van der Waals surface area contributed by atoms with E-state index in [4.69, 9.17) is 16.7 Å². The highest BCUT2D eigenvalue weighted by molar-refractivity contribution is 9.10. The minimum atomic E-state index is -1.01. The summed E-state index contributed by atoms with van der Waals surface area (Å²) in [6.07, 6.45) is 0. The number of alkyl halides is 1. The Kier molecular flexibility index (Phi) is 4.21. The van der Waals surface area contributed by atoms with E-state index < -0.39 is 5.97 Å². The third-order valence-corrected chi connectivity index (χ3v) is 3.61. The maximum absolute atomic E-state index is 12.9. The second-order valence-corrected chi connectivity index (χ2v) is 4.86. The molecule has 0 atom stereocenters. The van der Waals surface area contributed by atoms with Crippen molar-refractivity contribution in [2.45, 2.75) is 12.4 Å². The summed E-state index contributed by atoms with van der Waals surface area (Å²) in [5, 5.41) is 13.0. The SMILES string of the molecule is O=C(O)Cn1nc(-c2ccc(F)cc2)c(Br)c1CCl. The summed E-state index contributed by atoms with van der Waals surface area (Å²) in [4.78, 5) is 10.8. The number of carbonyl (C=O) groups is 1. The van der Waals surface area contributed by atoms with E-state index in [0.717, 1.165) is 0 Å². The van der Waals surface area contributed by atoms with E-state index in [1.54, 1.807) is 12.1 Å². The van der Waals surface area contributed by atoms with Crippen molar-refractivity contribution in [2.24, 2.45) is 0 Å². The molecule has 0 saturated heterocycles. The Labute approximate surface area is 121 Å². The van der Waals surface area contributed by atoms with Crippen molar-refractivity contribution in [2.75, 3.05) is 0 Å². The number of carboxylic acids is 1. The van der Waals surface area contributed by atoms with Gasteiger partial charge in [0.25, 0.3) is 0 Å². The number of rotatable bonds is 4. The zero-order valence-electron chi connectivity index (χ0n) is 9.61. The van der Waals surface area contributed by atoms with E-state index in [9.17, 15) is 9.18 Å². The molecule has 0 spiro atoms. The van der Waals surface area contributed by atoms with Crippen molar-refractivity contribution in [3.8, 4) is 11.3 Å². The molecule has 0 fully saturated rings. The molecular formula is C12H9BrClFN2O2. The molecule has 0 radical (unpaired) electrons. The predicted molar refractivity (Wildman–Crippen MR) is 72.5 cm³/mol. The monoisotopic (exact) mass is 346 g/mol. The summed E-state index contributed by atoms with van der Waals surface area (Å²) in [5.74, 6) is -1.23. The third kappa shape index (κ3) is 2.96. The Hall–Kier alpha value is -1.40. The average Bonchev–Trinajstić information content (AvgIpc) is 2.66. The van der Waals surface area contributed by atoms with Crippen LogP contribution in [0.4, 0.5) is 4.39 Å². The predicted octanol–water partition coefficient (Wildman–Crippen LogP) is 3.28. The van der Waals surface area contributed by atoms with Crippen molar-refractivity contribution in [3.05, 3.63) is 40.2 Å². The van der Waals surface area contributed by atoms with E-state index in [2.05, 4.69) is 21.0 Å². The van der Waals surface area contributed by atoms with Crippen molar-refractivity contribution in [1.82, 2.24) is 9.78 Å². The molecule has 1 N–H and O–H groups in total. The molecule has 1 aromatic heterocycles. The Morgan fingerprint density at radius 2 is 2.05 bits per heavy atom. The first kappa shape index (κ1) is 14.0. The van der Waals surface area contributed by atoms with Crippen LogP contribution in [0, 0.1) is 5.82 Å². The maximum atomic E-state index is 12.9. The van der Waals surface area contributed by atoms with Gasteiger partial charge in [-0.25, -0.2) is 4.39 Å². The summed E-state index contributed by atoms with van der Waals surface area (Å²) in [6.45, 7) is -0.276. The van der Waals surface area contributed by atoms with Crippen LogP contribution in [0.2, 0.25) is 0 Å². The molecule has 0 aliphatic rings. The van der Waals surface area contributed by atoms with Gasteiger partial charge in [0, 0.05) is 5.56 Å². The summed E-state index contributed by atoms with van der Waals surface area (Å²) in [6, 6.07) is 5.79. The second-order valence-electron chi connectivity index (χ2n) is 3.80. The zero-order valence-corrected chi connectivity index (χ0v) is 11.9. The third-order valence-electron chi connectivity index (χ3n) is 2.52. The van der Waals surface area contributed by atoms with Crippen LogP contribution in [-0.2, 0) is 17.2 Å². The molecule has 2 rings (SSSR count). The fourth-order valence-corrected chi connectivity index (χ4v) is 2.74. The first-order valence-corrected chi connectivity index (χ1v) is 6.64. The van der Waals surface area contributed by atoms with Crippen molar-refractivity contribution in [1.29, 1.82) is 0 Å². The molecule has 0 aliphatic heterocycles. The summed E-state index contributed by atoms with van der Waals surface area (Å²) in [5.41, 5.74) is 1.80. The number of halogens is 3. The van der Waals surface area contributed by atoms with Gasteiger partial charge < -0.3 is 5.11 Å². The standard InChI is InChI=1S/C12H9BrClFN2O2/c13-11-9(5-14)17(6-10(18)19)16-12(11)7-1-3-8(15)4-2-7/h1-4H,5-6H2,(H,18,19). The highest BCUT2D eigenvalue weighted by Gasteiger charge is 2.17. The van der Waals surface area contributed by atoms with E-state index in [-0.39, 0.29) is 18.2 Å². The second kappa shape index (κ2) is 5.71. The molecular weight excluding hydrogens is 338 g/mol. The van der Waals surface area contributed by atoms with Crippen molar-refractivity contribution in [3.63, 3.8) is 0 Å². The number of carboxylic acid groups (broad SMARTS) is 1. The molecule has 1 aromatic carbocycles. The lowest BCUT2D eigenvalue weighted by Gasteiger charge is -2.00. The molecule has 1 heterocycles. The molecule has 2 aromatic rings. The van der Waals surface area contributed by atoms with Gasteiger partial charge in [-0.2, -0.15) is 5.10 Å². The fraction of sp³-hybridized carbons (Fsp3) is 0.167. The Morgan fingerprint density at radius 1 is 1.42 bits per heavy atom. The summed E-state index contributed by atoms with van der Waals surface area (Å²) in [7, 11) is 0. The molecule has 7 heteroatoms. The molecule has 0 saturated carbocycles. The minimum absolute atomic E-state index is 0.127. The van der Waals surface area contributed by atoms with Gasteiger partial charge in [-0.15, -0.1) is 11.6 Å². The lowest BCUT2D eigenvalue weighted by atomic mass is 10.1. The number of aromatic nitrogens is 2. The summed E-state index contributed by atoms with van der Waals surface area (Å²) >= 11 is 9.16. The van der Waals surface area contributed by atoms with Crippen LogP contribution in [0.1, 0.15) is 5.69 Å². The Morgan fingerprint density at radius 3 is 2.58 bits per heavy atom. The van der Waals surface area contributed by atoms with Gasteiger partial charge in [0.15, 0.2) is 0 Å². The van der Waals surface area contributed by atoms with Gasteiger partial charge in [-0.05, 0) is 40.2 Å². The van der Waals surface area contributed by atoms with Gasteiger partial charge in [-0.1, -0.05) is 0 Å². The van der Waals surface area contributed by atoms with Crippen LogP contribution in [0.5, 0.6) is 0 Å². The molecule has 4 nitrogen and oxygen atoms in total. The molecule has 19 heavy (non-hydrogen) atoms. The van der Waals surface area contributed by atoms with Crippen LogP contribution in [0.25, 0.3) is 11.3 Å². The highest BCUT2D eigenvalue weighted by atomic mass is 79.9. The van der Waals surface area contributed by atoms with Crippen LogP contribution in [0.3, 0.4) is 0 Å². The summed E-state index contributed by atoms with van der Waals surface area (Å²) < 4.78 is 14.8. The topological polar surface area (TPSA) is 55.1 Å². The number of hydrogen-bond donors (Lipinski definition) is 1. The minimum Gasteiger partial charge on any atom is -0.480 e. The average molecular weight is 348 g/mol. The number of nitrogens with zero attached hydrogens (tertiary/aromatic N) is 2. The zero-order chi connectivity index (χ0) is 14.0. The Balaban J connectivity index is 2.49. The first-order valence-electron chi connectivity index (χ1n) is 5.31. The van der Waals surface area contributed by atoms with E-state index in [1.807, 2.05) is 0 Å². The maximum Gasteiger partial charge on any atom is 0.325 e. The lowest BCUT2D eigenvalue weighted by Crippen LogP contribution is -2.12. The van der Waals surface area contributed by atoms with Gasteiger partial charge in [0.05, 0.1) is 16.0 Å². The smallest absolute Gasteiger partial charge is 0.325 e. The first-order chi connectivity index (χ1) is 9.02. The molecule has 0 aliphatic carbocycles. The largest absolute Gasteiger partial charge is 0.480 e. The van der Waals surface area contributed by atoms with Gasteiger partial charge in [-0.3, -0.25) is 9.48 Å². The quantitative estimate of drug-likeness (QED) is 0.864. The Bertz CT molecular complexity index is 613. The molecule has 0 amide bonds. The molecule has 100 valence electrons. The number of aliphatic carboxylic acids is 1. The fourth-order valence-electron chi connectivity index (χ4n) is 1.65. The van der Waals surface area contributed by atoms with Crippen LogP contribution in [0.15, 0.2) is 28.7 Å². The number of benzene rings is 1. The van der Waals surface area contributed by atoms with Crippen LogP contribution < -0.4 is 0 Å². The van der Waals surface area contributed by atoms with E-state index >= 15 is 0 Å². The van der Waals surface area contributed by atoms with Crippen molar-refractivity contribution >= 4 is 33.5 Å². The molecule has 0 unspecified atom stereocenters.